The largest absolute Gasteiger partial charge is 0.367 e. The topological polar surface area (TPSA) is 36.3 Å². The molecule has 74 valence electrons. The van der Waals surface area contributed by atoms with Gasteiger partial charge in [0.2, 0.25) is 0 Å². The van der Waals surface area contributed by atoms with Crippen molar-refractivity contribution in [2.75, 3.05) is 0 Å². The quantitative estimate of drug-likeness (QED) is 0.611. The van der Waals surface area contributed by atoms with Gasteiger partial charge in [-0.25, -0.2) is 0 Å². The van der Waals surface area contributed by atoms with Crippen molar-refractivity contribution in [2.45, 2.75) is 58.2 Å². The Labute approximate surface area is 80.9 Å². The van der Waals surface area contributed by atoms with Gasteiger partial charge >= 0.3 is 0 Å². The van der Waals surface area contributed by atoms with Crippen molar-refractivity contribution in [1.82, 2.24) is 0 Å². The van der Waals surface area contributed by atoms with E-state index in [0.29, 0.717) is 18.4 Å². The highest BCUT2D eigenvalue weighted by Gasteiger charge is 2.46. The number of rotatable bonds is 5. The van der Waals surface area contributed by atoms with Gasteiger partial charge in [0.15, 0.2) is 0 Å². The highest BCUT2D eigenvalue weighted by molar-refractivity contribution is 4.94. The Kier molecular flexibility index (Phi) is 3.33. The van der Waals surface area contributed by atoms with Crippen molar-refractivity contribution in [3.63, 3.8) is 0 Å². The van der Waals surface area contributed by atoms with E-state index in [4.69, 9.17) is 10.00 Å². The molecule has 0 aliphatic carbocycles. The Hall–Kier alpha value is -0.550. The van der Waals surface area contributed by atoms with E-state index in [0.717, 1.165) is 12.8 Å². The average molecular weight is 181 g/mol. The lowest BCUT2D eigenvalue weighted by Crippen LogP contribution is -2.05. The van der Waals surface area contributed by atoms with Crippen molar-refractivity contribution in [3.05, 3.63) is 0 Å². The first-order chi connectivity index (χ1) is 6.06. The van der Waals surface area contributed by atoms with Crippen LogP contribution in [0.25, 0.3) is 0 Å². The molecule has 0 amide bonds. The second-order valence-electron chi connectivity index (χ2n) is 4.59. The molecule has 0 N–H and O–H groups in total. The SMILES string of the molecule is CC(CCC#N)CCC1OC1(C)C. The molecular formula is C11H19NO. The molecule has 1 aliphatic rings. The molecule has 1 saturated heterocycles. The molecule has 2 heteroatoms. The van der Waals surface area contributed by atoms with Crippen LogP contribution < -0.4 is 0 Å². The van der Waals surface area contributed by atoms with Crippen LogP contribution in [0.3, 0.4) is 0 Å². The lowest BCUT2D eigenvalue weighted by atomic mass is 9.96. The van der Waals surface area contributed by atoms with E-state index >= 15 is 0 Å². The number of epoxide rings is 1. The minimum Gasteiger partial charge on any atom is -0.367 e. The fourth-order valence-corrected chi connectivity index (χ4v) is 1.63. The van der Waals surface area contributed by atoms with Crippen molar-refractivity contribution in [3.8, 4) is 6.07 Å². The van der Waals surface area contributed by atoms with Gasteiger partial charge in [-0.1, -0.05) is 6.92 Å². The van der Waals surface area contributed by atoms with Gasteiger partial charge in [0, 0.05) is 6.42 Å². The Balaban J connectivity index is 2.04. The van der Waals surface area contributed by atoms with Crippen molar-refractivity contribution < 1.29 is 4.74 Å². The molecule has 13 heavy (non-hydrogen) atoms. The Bertz CT molecular complexity index is 205. The van der Waals surface area contributed by atoms with Gasteiger partial charge in [0.1, 0.15) is 0 Å². The molecule has 2 unspecified atom stereocenters. The van der Waals surface area contributed by atoms with E-state index in [-0.39, 0.29) is 5.60 Å². The van der Waals surface area contributed by atoms with Gasteiger partial charge in [-0.3, -0.25) is 0 Å². The zero-order chi connectivity index (χ0) is 9.90. The molecule has 1 aliphatic heterocycles. The second kappa shape index (κ2) is 4.11. The van der Waals surface area contributed by atoms with Crippen molar-refractivity contribution in [1.29, 1.82) is 5.26 Å². The minimum absolute atomic E-state index is 0.134. The van der Waals surface area contributed by atoms with Crippen LogP contribution in [0.15, 0.2) is 0 Å². The second-order valence-corrected chi connectivity index (χ2v) is 4.59. The summed E-state index contributed by atoms with van der Waals surface area (Å²) in [5, 5.41) is 8.41. The first kappa shape index (κ1) is 10.5. The molecule has 0 aromatic heterocycles. The van der Waals surface area contributed by atoms with Gasteiger partial charge < -0.3 is 4.74 Å². The standard InChI is InChI=1S/C11H19NO/c1-9(5-4-8-12)6-7-10-11(2,3)13-10/h9-10H,4-7H2,1-3H3. The molecule has 0 aromatic rings. The lowest BCUT2D eigenvalue weighted by Gasteiger charge is -2.07. The summed E-state index contributed by atoms with van der Waals surface area (Å²) in [5.41, 5.74) is 0.134. The first-order valence-corrected chi connectivity index (χ1v) is 5.11. The summed E-state index contributed by atoms with van der Waals surface area (Å²) in [4.78, 5) is 0. The molecule has 0 aromatic carbocycles. The van der Waals surface area contributed by atoms with E-state index in [1.165, 1.54) is 6.42 Å². The summed E-state index contributed by atoms with van der Waals surface area (Å²) in [5.74, 6) is 0.666. The maximum atomic E-state index is 8.41. The van der Waals surface area contributed by atoms with Gasteiger partial charge in [0.25, 0.3) is 0 Å². The van der Waals surface area contributed by atoms with E-state index in [1.807, 2.05) is 0 Å². The third-order valence-electron chi connectivity index (χ3n) is 2.83. The molecule has 1 rings (SSSR count). The summed E-state index contributed by atoms with van der Waals surface area (Å²) >= 11 is 0. The van der Waals surface area contributed by atoms with E-state index in [9.17, 15) is 0 Å². The van der Waals surface area contributed by atoms with Crippen LogP contribution in [0, 0.1) is 17.2 Å². The van der Waals surface area contributed by atoms with Crippen LogP contribution in [0.1, 0.15) is 46.5 Å². The fourth-order valence-electron chi connectivity index (χ4n) is 1.63. The van der Waals surface area contributed by atoms with Crippen LogP contribution in [0.5, 0.6) is 0 Å². The highest BCUT2D eigenvalue weighted by Crippen LogP contribution is 2.39. The van der Waals surface area contributed by atoms with Crippen LogP contribution in [-0.2, 0) is 4.74 Å². The molecular weight excluding hydrogens is 162 g/mol. The van der Waals surface area contributed by atoms with E-state index in [2.05, 4.69) is 26.8 Å². The molecule has 0 radical (unpaired) electrons. The number of hydrogen-bond donors (Lipinski definition) is 0. The zero-order valence-corrected chi connectivity index (χ0v) is 8.84. The molecule has 1 fully saturated rings. The monoisotopic (exact) mass is 181 g/mol. The molecule has 0 bridgehead atoms. The smallest absolute Gasteiger partial charge is 0.0892 e. The van der Waals surface area contributed by atoms with Gasteiger partial charge in [-0.05, 0) is 39.0 Å². The molecule has 1 heterocycles. The zero-order valence-electron chi connectivity index (χ0n) is 8.84. The fraction of sp³-hybridized carbons (Fsp3) is 0.909. The Morgan fingerprint density at radius 2 is 2.08 bits per heavy atom. The van der Waals surface area contributed by atoms with Crippen LogP contribution >= 0.6 is 0 Å². The summed E-state index contributed by atoms with van der Waals surface area (Å²) in [6.07, 6.45) is 4.53. The van der Waals surface area contributed by atoms with Crippen molar-refractivity contribution in [2.24, 2.45) is 5.92 Å². The molecule has 0 saturated carbocycles. The van der Waals surface area contributed by atoms with Gasteiger partial charge in [-0.2, -0.15) is 5.26 Å². The highest BCUT2D eigenvalue weighted by atomic mass is 16.6. The lowest BCUT2D eigenvalue weighted by molar-refractivity contribution is 0.313. The molecule has 2 atom stereocenters. The number of hydrogen-bond acceptors (Lipinski definition) is 2. The Morgan fingerprint density at radius 3 is 2.54 bits per heavy atom. The third-order valence-corrected chi connectivity index (χ3v) is 2.83. The van der Waals surface area contributed by atoms with Crippen LogP contribution in [-0.4, -0.2) is 11.7 Å². The average Bonchev–Trinajstić information content (AvgIpc) is 2.67. The summed E-state index contributed by atoms with van der Waals surface area (Å²) in [7, 11) is 0. The predicted molar refractivity (Wildman–Crippen MR) is 52.2 cm³/mol. The minimum atomic E-state index is 0.134. The van der Waals surface area contributed by atoms with E-state index in [1.54, 1.807) is 0 Å². The normalized spacial score (nSPS) is 26.5. The number of nitrogens with zero attached hydrogens (tertiary/aromatic N) is 1. The third kappa shape index (κ3) is 3.36. The van der Waals surface area contributed by atoms with Gasteiger partial charge in [0.05, 0.1) is 17.8 Å². The van der Waals surface area contributed by atoms with Crippen LogP contribution in [0.4, 0.5) is 0 Å². The first-order valence-electron chi connectivity index (χ1n) is 5.11. The molecule has 0 spiro atoms. The maximum absolute atomic E-state index is 8.41. The number of nitriles is 1. The predicted octanol–water partition coefficient (Wildman–Crippen LogP) is 2.88. The summed E-state index contributed by atoms with van der Waals surface area (Å²) < 4.78 is 5.49. The number of ether oxygens (including phenoxy) is 1. The maximum Gasteiger partial charge on any atom is 0.0892 e. The molecule has 2 nitrogen and oxygen atoms in total. The Morgan fingerprint density at radius 1 is 1.46 bits per heavy atom. The van der Waals surface area contributed by atoms with Gasteiger partial charge in [-0.15, -0.1) is 0 Å². The van der Waals surface area contributed by atoms with Crippen molar-refractivity contribution >= 4 is 0 Å². The summed E-state index contributed by atoms with van der Waals surface area (Å²) in [6, 6.07) is 2.19. The van der Waals surface area contributed by atoms with E-state index < -0.39 is 0 Å². The summed E-state index contributed by atoms with van der Waals surface area (Å²) in [6.45, 7) is 6.49. The van der Waals surface area contributed by atoms with Crippen LogP contribution in [0.2, 0.25) is 0 Å².